The molecule has 0 amide bonds. The molecule has 0 aromatic rings. The first-order chi connectivity index (χ1) is 15.3. The van der Waals surface area contributed by atoms with E-state index in [-0.39, 0.29) is 35.0 Å². The van der Waals surface area contributed by atoms with Crippen LogP contribution in [-0.2, 0) is 14.6 Å². The average Bonchev–Trinajstić information content (AvgIpc) is 3.08. The van der Waals surface area contributed by atoms with E-state index in [2.05, 4.69) is 47.3 Å². The molecule has 6 heteroatoms. The van der Waals surface area contributed by atoms with Crippen LogP contribution in [-0.4, -0.2) is 19.1 Å². The quantitative estimate of drug-likeness (QED) is 0.229. The number of allylic oxidation sites excluding steroid dienone is 2. The average molecular weight is 501 g/mol. The van der Waals surface area contributed by atoms with Gasteiger partial charge >= 0.3 is 29.6 Å². The van der Waals surface area contributed by atoms with Crippen LogP contribution in [0.15, 0.2) is 23.8 Å². The van der Waals surface area contributed by atoms with Gasteiger partial charge in [0.1, 0.15) is 0 Å². The second-order valence-electron chi connectivity index (χ2n) is 12.7. The molecule has 0 aliphatic heterocycles. The SMILES string of the molecule is C=C(CC[C@@H](C)[C@H]1CC[C@H]2[C@@H]3CC=C4C[C@@H](OS(=O)(=O)[O-])CC[C@]4(C)[C@H]3CC[C@]12C)C(C)C.[Na+]. The first-order valence-corrected chi connectivity index (χ1v) is 14.7. The van der Waals surface area contributed by atoms with E-state index in [1.807, 2.05) is 0 Å². The summed E-state index contributed by atoms with van der Waals surface area (Å²) in [6, 6.07) is 0. The fraction of sp³-hybridized carbons (Fsp3) is 0.857. The third-order valence-electron chi connectivity index (χ3n) is 10.8. The van der Waals surface area contributed by atoms with E-state index in [9.17, 15) is 13.0 Å². The van der Waals surface area contributed by atoms with Gasteiger partial charge in [0.2, 0.25) is 10.4 Å². The molecule has 188 valence electrons. The Morgan fingerprint density at radius 1 is 1.15 bits per heavy atom. The van der Waals surface area contributed by atoms with E-state index in [0.717, 1.165) is 42.9 Å². The number of fused-ring (bicyclic) bond motifs is 5. The summed E-state index contributed by atoms with van der Waals surface area (Å²) >= 11 is 0. The Kier molecular flexibility index (Phi) is 9.02. The van der Waals surface area contributed by atoms with E-state index in [4.69, 9.17) is 4.18 Å². The molecule has 34 heavy (non-hydrogen) atoms. The van der Waals surface area contributed by atoms with Crippen LogP contribution < -0.4 is 29.6 Å². The molecule has 0 bridgehead atoms. The molecule has 0 spiro atoms. The molecule has 4 aliphatic carbocycles. The van der Waals surface area contributed by atoms with E-state index >= 15 is 0 Å². The molecule has 0 radical (unpaired) electrons. The molecule has 0 N–H and O–H groups in total. The normalized spacial score (nSPS) is 40.4. The first-order valence-electron chi connectivity index (χ1n) is 13.4. The third kappa shape index (κ3) is 5.45. The molecular formula is C28H45NaO4S. The molecule has 4 aliphatic rings. The summed E-state index contributed by atoms with van der Waals surface area (Å²) in [6.45, 7) is 16.3. The van der Waals surface area contributed by atoms with E-state index in [1.165, 1.54) is 43.3 Å². The van der Waals surface area contributed by atoms with Gasteiger partial charge < -0.3 is 4.55 Å². The maximum Gasteiger partial charge on any atom is 1.00 e. The van der Waals surface area contributed by atoms with Gasteiger partial charge in [0.15, 0.2) is 0 Å². The third-order valence-corrected chi connectivity index (χ3v) is 11.3. The molecule has 0 unspecified atom stereocenters. The second kappa shape index (κ2) is 10.6. The van der Waals surface area contributed by atoms with Crippen LogP contribution in [0, 0.1) is 46.3 Å². The summed E-state index contributed by atoms with van der Waals surface area (Å²) in [4.78, 5) is 0. The van der Waals surface area contributed by atoms with Crippen molar-refractivity contribution in [2.24, 2.45) is 46.3 Å². The summed E-state index contributed by atoms with van der Waals surface area (Å²) in [5.74, 6) is 4.35. The van der Waals surface area contributed by atoms with Gasteiger partial charge in [-0.15, -0.1) is 0 Å². The van der Waals surface area contributed by atoms with Crippen LogP contribution in [0.25, 0.3) is 0 Å². The zero-order valence-electron chi connectivity index (χ0n) is 22.4. The standard InChI is InChI=1S/C28H46O4S.Na/c1-18(2)19(3)7-8-20(4)24-11-12-25-23-10-9-21-17-22(32-33(29,30)31)13-15-27(21,5)26(23)14-16-28(24,25)6;/h9,18,20,22-26H,3,7-8,10-17H2,1-2,4-6H3,(H,29,30,31);/q;+1/p-1/t20-,22+,23+,24-,25+,26+,27+,28-;/m1./s1. The van der Waals surface area contributed by atoms with Crippen molar-refractivity contribution in [3.63, 3.8) is 0 Å². The van der Waals surface area contributed by atoms with Crippen molar-refractivity contribution in [1.29, 1.82) is 0 Å². The summed E-state index contributed by atoms with van der Waals surface area (Å²) < 4.78 is 38.2. The fourth-order valence-electron chi connectivity index (χ4n) is 8.75. The first kappa shape index (κ1) is 28.9. The van der Waals surface area contributed by atoms with Gasteiger partial charge in [-0.1, -0.05) is 58.4 Å². The maximum atomic E-state index is 11.1. The van der Waals surface area contributed by atoms with Crippen LogP contribution in [0.1, 0.15) is 98.8 Å². The van der Waals surface area contributed by atoms with Gasteiger partial charge in [0.25, 0.3) is 0 Å². The van der Waals surface area contributed by atoms with Crippen LogP contribution in [0.2, 0.25) is 0 Å². The molecule has 4 nitrogen and oxygen atoms in total. The smallest absolute Gasteiger partial charge is 0.726 e. The number of hydrogen-bond acceptors (Lipinski definition) is 4. The predicted molar refractivity (Wildman–Crippen MR) is 132 cm³/mol. The zero-order valence-corrected chi connectivity index (χ0v) is 25.3. The summed E-state index contributed by atoms with van der Waals surface area (Å²) in [5, 5.41) is 0. The van der Waals surface area contributed by atoms with Crippen LogP contribution >= 0.6 is 0 Å². The summed E-state index contributed by atoms with van der Waals surface area (Å²) in [6.07, 6.45) is 13.0. The number of rotatable bonds is 7. The molecule has 4 rings (SSSR count). The fourth-order valence-corrected chi connectivity index (χ4v) is 9.25. The monoisotopic (exact) mass is 500 g/mol. The van der Waals surface area contributed by atoms with E-state index in [1.54, 1.807) is 0 Å². The van der Waals surface area contributed by atoms with Gasteiger partial charge in [-0.2, -0.15) is 0 Å². The van der Waals surface area contributed by atoms with Crippen molar-refractivity contribution < 1.29 is 46.7 Å². The molecule has 0 aromatic carbocycles. The Morgan fingerprint density at radius 2 is 1.85 bits per heavy atom. The Hall–Kier alpha value is 0.350. The molecule has 3 saturated carbocycles. The molecular weight excluding hydrogens is 455 g/mol. The number of hydrogen-bond donors (Lipinski definition) is 0. The summed E-state index contributed by atoms with van der Waals surface area (Å²) in [7, 11) is -4.64. The van der Waals surface area contributed by atoms with Gasteiger partial charge in [0.05, 0.1) is 6.10 Å². The van der Waals surface area contributed by atoms with Crippen LogP contribution in [0.4, 0.5) is 0 Å². The second-order valence-corrected chi connectivity index (χ2v) is 13.7. The van der Waals surface area contributed by atoms with Crippen molar-refractivity contribution >= 4 is 10.4 Å². The Morgan fingerprint density at radius 3 is 2.50 bits per heavy atom. The minimum absolute atomic E-state index is 0. The summed E-state index contributed by atoms with van der Waals surface area (Å²) in [5.41, 5.74) is 3.32. The molecule has 8 atom stereocenters. The van der Waals surface area contributed by atoms with Crippen LogP contribution in [0.3, 0.4) is 0 Å². The van der Waals surface area contributed by atoms with Gasteiger partial charge in [-0.05, 0) is 111 Å². The predicted octanol–water partition coefficient (Wildman–Crippen LogP) is 4.04. The molecule has 0 heterocycles. The van der Waals surface area contributed by atoms with E-state index in [0.29, 0.717) is 30.1 Å². The minimum atomic E-state index is -4.64. The Labute approximate surface area is 231 Å². The topological polar surface area (TPSA) is 66.4 Å². The van der Waals surface area contributed by atoms with Crippen molar-refractivity contribution in [2.75, 3.05) is 0 Å². The van der Waals surface area contributed by atoms with Crippen molar-refractivity contribution in [3.8, 4) is 0 Å². The molecule has 3 fully saturated rings. The minimum Gasteiger partial charge on any atom is -0.726 e. The van der Waals surface area contributed by atoms with Gasteiger partial charge in [-0.3, -0.25) is 4.18 Å². The Balaban J connectivity index is 0.00000324. The molecule has 0 saturated heterocycles. The van der Waals surface area contributed by atoms with Crippen molar-refractivity contribution in [1.82, 2.24) is 0 Å². The molecule has 0 aromatic heterocycles. The van der Waals surface area contributed by atoms with Gasteiger partial charge in [0, 0.05) is 0 Å². The van der Waals surface area contributed by atoms with Gasteiger partial charge in [-0.25, -0.2) is 8.42 Å². The van der Waals surface area contributed by atoms with Crippen molar-refractivity contribution in [3.05, 3.63) is 23.8 Å². The van der Waals surface area contributed by atoms with Crippen LogP contribution in [0.5, 0.6) is 0 Å². The maximum absolute atomic E-state index is 11.1. The van der Waals surface area contributed by atoms with E-state index < -0.39 is 16.5 Å². The zero-order chi connectivity index (χ0) is 24.2. The van der Waals surface area contributed by atoms with Crippen molar-refractivity contribution in [2.45, 2.75) is 105 Å². The largest absolute Gasteiger partial charge is 1.00 e. The Bertz CT molecular complexity index is 896.